The van der Waals surface area contributed by atoms with Crippen LogP contribution in [0.4, 0.5) is 0 Å². The fourth-order valence-corrected chi connectivity index (χ4v) is 2.78. The summed E-state index contributed by atoms with van der Waals surface area (Å²) in [5.74, 6) is -0.127. The molecule has 6 heteroatoms. The molecule has 22 heavy (non-hydrogen) atoms. The summed E-state index contributed by atoms with van der Waals surface area (Å²) in [6.45, 7) is 4.10. The Morgan fingerprint density at radius 3 is 2.77 bits per heavy atom. The number of hydrogen-bond acceptors (Lipinski definition) is 5. The van der Waals surface area contributed by atoms with Gasteiger partial charge >= 0.3 is 0 Å². The van der Waals surface area contributed by atoms with Crippen LogP contribution in [0.2, 0.25) is 0 Å². The standard InChI is InChI=1S/C16H21N3O2S/c1-3-16(21,4-2)11-18-14(20)9-12-10-22-15(19-12)13-7-5-6-8-17-13/h5-8,10,21H,3-4,9,11H2,1-2H3,(H,18,20). The number of aliphatic hydroxyl groups is 1. The van der Waals surface area contributed by atoms with Crippen LogP contribution >= 0.6 is 11.3 Å². The molecule has 0 aliphatic carbocycles. The second-order valence-corrected chi connectivity index (χ2v) is 6.10. The van der Waals surface area contributed by atoms with E-state index in [9.17, 15) is 9.90 Å². The van der Waals surface area contributed by atoms with Crippen molar-refractivity contribution in [1.82, 2.24) is 15.3 Å². The van der Waals surface area contributed by atoms with Crippen molar-refractivity contribution < 1.29 is 9.90 Å². The lowest BCUT2D eigenvalue weighted by molar-refractivity contribution is -0.121. The van der Waals surface area contributed by atoms with E-state index in [4.69, 9.17) is 0 Å². The number of carbonyl (C=O) groups is 1. The van der Waals surface area contributed by atoms with Crippen molar-refractivity contribution >= 4 is 17.2 Å². The Bertz CT molecular complexity index is 609. The highest BCUT2D eigenvalue weighted by Gasteiger charge is 2.22. The third-order valence-corrected chi connectivity index (χ3v) is 4.62. The van der Waals surface area contributed by atoms with Gasteiger partial charge in [-0.25, -0.2) is 4.98 Å². The number of rotatable bonds is 7. The van der Waals surface area contributed by atoms with Gasteiger partial charge in [-0.05, 0) is 25.0 Å². The molecular formula is C16H21N3O2S. The SMILES string of the molecule is CCC(O)(CC)CNC(=O)Cc1csc(-c2ccccn2)n1. The van der Waals surface area contributed by atoms with Crippen molar-refractivity contribution in [3.05, 3.63) is 35.5 Å². The molecule has 0 aliphatic heterocycles. The molecule has 0 fully saturated rings. The van der Waals surface area contributed by atoms with E-state index >= 15 is 0 Å². The number of aromatic nitrogens is 2. The van der Waals surface area contributed by atoms with Gasteiger partial charge in [0.05, 0.1) is 23.4 Å². The van der Waals surface area contributed by atoms with Gasteiger partial charge in [0.2, 0.25) is 5.91 Å². The third-order valence-electron chi connectivity index (χ3n) is 3.71. The topological polar surface area (TPSA) is 75.1 Å². The Labute approximate surface area is 134 Å². The van der Waals surface area contributed by atoms with E-state index in [0.29, 0.717) is 12.8 Å². The minimum absolute atomic E-state index is 0.127. The molecule has 0 saturated heterocycles. The number of pyridine rings is 1. The molecular weight excluding hydrogens is 298 g/mol. The molecule has 2 N–H and O–H groups in total. The first-order chi connectivity index (χ1) is 10.6. The van der Waals surface area contributed by atoms with Crippen molar-refractivity contribution in [2.24, 2.45) is 0 Å². The zero-order valence-corrected chi connectivity index (χ0v) is 13.7. The first-order valence-corrected chi connectivity index (χ1v) is 8.29. The summed E-state index contributed by atoms with van der Waals surface area (Å²) < 4.78 is 0. The van der Waals surface area contributed by atoms with Crippen LogP contribution in [0, 0.1) is 0 Å². The summed E-state index contributed by atoms with van der Waals surface area (Å²) in [4.78, 5) is 20.6. The smallest absolute Gasteiger partial charge is 0.226 e. The molecule has 5 nitrogen and oxygen atoms in total. The molecule has 118 valence electrons. The maximum absolute atomic E-state index is 12.0. The quantitative estimate of drug-likeness (QED) is 0.822. The lowest BCUT2D eigenvalue weighted by atomic mass is 9.97. The minimum Gasteiger partial charge on any atom is -0.388 e. The van der Waals surface area contributed by atoms with Gasteiger partial charge in [-0.3, -0.25) is 9.78 Å². The second kappa shape index (κ2) is 7.47. The van der Waals surface area contributed by atoms with Crippen molar-refractivity contribution in [1.29, 1.82) is 0 Å². The van der Waals surface area contributed by atoms with Crippen molar-refractivity contribution in [3.63, 3.8) is 0 Å². The number of nitrogens with zero attached hydrogens (tertiary/aromatic N) is 2. The van der Waals surface area contributed by atoms with Crippen LogP contribution < -0.4 is 5.32 Å². The van der Waals surface area contributed by atoms with Gasteiger partial charge < -0.3 is 10.4 Å². The molecule has 0 spiro atoms. The Morgan fingerprint density at radius 1 is 1.36 bits per heavy atom. The molecule has 2 heterocycles. The molecule has 0 aliphatic rings. The van der Waals surface area contributed by atoms with Crippen LogP contribution in [-0.2, 0) is 11.2 Å². The van der Waals surface area contributed by atoms with Gasteiger partial charge in [0.1, 0.15) is 5.01 Å². The molecule has 2 aromatic heterocycles. The van der Waals surface area contributed by atoms with Crippen molar-refractivity contribution in [3.8, 4) is 10.7 Å². The van der Waals surface area contributed by atoms with Gasteiger partial charge in [0.25, 0.3) is 0 Å². The maximum Gasteiger partial charge on any atom is 0.226 e. The van der Waals surface area contributed by atoms with Crippen LogP contribution in [0.15, 0.2) is 29.8 Å². The molecule has 0 aromatic carbocycles. The average Bonchev–Trinajstić information content (AvgIpc) is 3.02. The normalized spacial score (nSPS) is 11.4. The molecule has 0 saturated carbocycles. The molecule has 1 amide bonds. The number of carbonyl (C=O) groups excluding carboxylic acids is 1. The minimum atomic E-state index is -0.823. The number of amides is 1. The zero-order chi connectivity index (χ0) is 16.0. The van der Waals surface area contributed by atoms with Gasteiger partial charge in [0.15, 0.2) is 0 Å². The second-order valence-electron chi connectivity index (χ2n) is 5.24. The fraction of sp³-hybridized carbons (Fsp3) is 0.438. The van der Waals surface area contributed by atoms with Gasteiger partial charge in [-0.2, -0.15) is 0 Å². The summed E-state index contributed by atoms with van der Waals surface area (Å²) in [5, 5.41) is 15.6. The summed E-state index contributed by atoms with van der Waals surface area (Å²) in [6.07, 6.45) is 3.17. The fourth-order valence-electron chi connectivity index (χ4n) is 1.99. The van der Waals surface area contributed by atoms with Crippen LogP contribution in [0.5, 0.6) is 0 Å². The highest BCUT2D eigenvalue weighted by Crippen LogP contribution is 2.21. The molecule has 2 aromatic rings. The van der Waals surface area contributed by atoms with E-state index in [0.717, 1.165) is 16.4 Å². The van der Waals surface area contributed by atoms with E-state index in [1.165, 1.54) is 11.3 Å². The predicted molar refractivity (Wildman–Crippen MR) is 87.6 cm³/mol. The summed E-state index contributed by atoms with van der Waals surface area (Å²) >= 11 is 1.47. The summed E-state index contributed by atoms with van der Waals surface area (Å²) in [5.41, 5.74) is 0.710. The molecule has 2 rings (SSSR count). The predicted octanol–water partition coefficient (Wildman–Crippen LogP) is 2.41. The van der Waals surface area contributed by atoms with E-state index in [1.807, 2.05) is 37.4 Å². The summed E-state index contributed by atoms with van der Waals surface area (Å²) in [6, 6.07) is 5.66. The lowest BCUT2D eigenvalue weighted by Gasteiger charge is -2.25. The molecule has 0 unspecified atom stereocenters. The van der Waals surface area contributed by atoms with Crippen LogP contribution in [0.1, 0.15) is 32.4 Å². The largest absolute Gasteiger partial charge is 0.388 e. The van der Waals surface area contributed by atoms with Crippen molar-refractivity contribution in [2.75, 3.05) is 6.54 Å². The van der Waals surface area contributed by atoms with E-state index in [2.05, 4.69) is 15.3 Å². The van der Waals surface area contributed by atoms with E-state index < -0.39 is 5.60 Å². The maximum atomic E-state index is 12.0. The average molecular weight is 319 g/mol. The van der Waals surface area contributed by atoms with E-state index in [-0.39, 0.29) is 18.9 Å². The Hall–Kier alpha value is -1.79. The van der Waals surface area contributed by atoms with Crippen LogP contribution in [-0.4, -0.2) is 33.1 Å². The van der Waals surface area contributed by atoms with Crippen LogP contribution in [0.25, 0.3) is 10.7 Å². The zero-order valence-electron chi connectivity index (χ0n) is 12.9. The lowest BCUT2D eigenvalue weighted by Crippen LogP contribution is -2.42. The number of nitrogens with one attached hydrogen (secondary N) is 1. The first-order valence-electron chi connectivity index (χ1n) is 7.41. The Balaban J connectivity index is 1.92. The van der Waals surface area contributed by atoms with E-state index in [1.54, 1.807) is 6.20 Å². The van der Waals surface area contributed by atoms with Gasteiger partial charge in [0, 0.05) is 18.1 Å². The van der Waals surface area contributed by atoms with Crippen LogP contribution in [0.3, 0.4) is 0 Å². The third kappa shape index (κ3) is 4.35. The number of thiazole rings is 1. The molecule has 0 atom stereocenters. The summed E-state index contributed by atoms with van der Waals surface area (Å²) in [7, 11) is 0. The Morgan fingerprint density at radius 2 is 2.14 bits per heavy atom. The monoisotopic (exact) mass is 319 g/mol. The highest BCUT2D eigenvalue weighted by molar-refractivity contribution is 7.13. The number of hydrogen-bond donors (Lipinski definition) is 2. The van der Waals surface area contributed by atoms with Crippen molar-refractivity contribution in [2.45, 2.75) is 38.7 Å². The van der Waals surface area contributed by atoms with Gasteiger partial charge in [-0.15, -0.1) is 11.3 Å². The molecule has 0 radical (unpaired) electrons. The van der Waals surface area contributed by atoms with Gasteiger partial charge in [-0.1, -0.05) is 19.9 Å². The first kappa shape index (κ1) is 16.6. The molecule has 0 bridgehead atoms. The Kier molecular flexibility index (Phi) is 5.63. The highest BCUT2D eigenvalue weighted by atomic mass is 32.1.